The predicted octanol–water partition coefficient (Wildman–Crippen LogP) is 2.80. The highest BCUT2D eigenvalue weighted by atomic mass is 32.1. The van der Waals surface area contributed by atoms with Gasteiger partial charge >= 0.3 is 5.97 Å². The summed E-state index contributed by atoms with van der Waals surface area (Å²) in [6.07, 6.45) is 3.07. The Morgan fingerprint density at radius 2 is 2.50 bits per heavy atom. The Morgan fingerprint density at radius 3 is 3.00 bits per heavy atom. The van der Waals surface area contributed by atoms with Crippen LogP contribution in [0.1, 0.15) is 30.1 Å². The molecule has 1 aromatic rings. The molecule has 1 unspecified atom stereocenters. The number of methoxy groups -OCH3 is 1. The van der Waals surface area contributed by atoms with E-state index >= 15 is 0 Å². The molecular weight excluding hydrogens is 196 g/mol. The van der Waals surface area contributed by atoms with Crippen molar-refractivity contribution in [2.75, 3.05) is 7.11 Å². The van der Waals surface area contributed by atoms with E-state index in [4.69, 9.17) is 4.74 Å². The lowest BCUT2D eigenvalue weighted by atomic mass is 9.98. The van der Waals surface area contributed by atoms with E-state index in [1.807, 2.05) is 6.07 Å². The van der Waals surface area contributed by atoms with Gasteiger partial charge in [-0.15, -0.1) is 11.3 Å². The summed E-state index contributed by atoms with van der Waals surface area (Å²) >= 11 is 1.74. The van der Waals surface area contributed by atoms with Gasteiger partial charge in [-0.3, -0.25) is 4.79 Å². The van der Waals surface area contributed by atoms with Crippen molar-refractivity contribution in [1.29, 1.82) is 0 Å². The molecule has 0 bridgehead atoms. The predicted molar refractivity (Wildman–Crippen MR) is 56.4 cm³/mol. The molecule has 1 saturated carbocycles. The normalized spacial score (nSPS) is 17.8. The minimum Gasteiger partial charge on any atom is -0.469 e. The molecule has 2 nitrogen and oxygen atoms in total. The van der Waals surface area contributed by atoms with Gasteiger partial charge in [0.1, 0.15) is 0 Å². The number of thiophene rings is 1. The molecule has 1 aliphatic carbocycles. The van der Waals surface area contributed by atoms with Gasteiger partial charge in [0, 0.05) is 10.8 Å². The zero-order valence-corrected chi connectivity index (χ0v) is 9.05. The maximum Gasteiger partial charge on any atom is 0.306 e. The van der Waals surface area contributed by atoms with E-state index in [0.29, 0.717) is 18.3 Å². The maximum absolute atomic E-state index is 11.2. The van der Waals surface area contributed by atoms with Gasteiger partial charge in [0.05, 0.1) is 13.5 Å². The molecule has 0 saturated heterocycles. The van der Waals surface area contributed by atoms with E-state index in [-0.39, 0.29) is 5.97 Å². The first-order valence-electron chi connectivity index (χ1n) is 4.91. The topological polar surface area (TPSA) is 26.3 Å². The summed E-state index contributed by atoms with van der Waals surface area (Å²) in [5, 5.41) is 2.07. The van der Waals surface area contributed by atoms with Crippen molar-refractivity contribution in [3.8, 4) is 0 Å². The third-order valence-electron chi connectivity index (χ3n) is 2.71. The fraction of sp³-hybridized carbons (Fsp3) is 0.545. The van der Waals surface area contributed by atoms with Crippen LogP contribution in [0.3, 0.4) is 0 Å². The van der Waals surface area contributed by atoms with Crippen molar-refractivity contribution in [2.45, 2.75) is 25.2 Å². The molecule has 0 aromatic carbocycles. The summed E-state index contributed by atoms with van der Waals surface area (Å²) in [5.41, 5.74) is 0. The molecule has 1 aliphatic rings. The molecule has 14 heavy (non-hydrogen) atoms. The average Bonchev–Trinajstić information content (AvgIpc) is 2.89. The van der Waals surface area contributed by atoms with Crippen LogP contribution >= 0.6 is 11.3 Å². The minimum atomic E-state index is -0.0877. The Hall–Kier alpha value is -0.830. The third-order valence-corrected chi connectivity index (χ3v) is 3.72. The molecule has 3 heteroatoms. The van der Waals surface area contributed by atoms with E-state index in [1.165, 1.54) is 24.8 Å². The number of carbonyl (C=O) groups excluding carboxylic acids is 1. The summed E-state index contributed by atoms with van der Waals surface area (Å²) in [5.74, 6) is 1.03. The van der Waals surface area contributed by atoms with Crippen LogP contribution in [0, 0.1) is 5.92 Å². The van der Waals surface area contributed by atoms with Crippen LogP contribution in [0.2, 0.25) is 0 Å². The van der Waals surface area contributed by atoms with Crippen LogP contribution in [-0.4, -0.2) is 13.1 Å². The van der Waals surface area contributed by atoms with Gasteiger partial charge in [0.25, 0.3) is 0 Å². The fourth-order valence-corrected chi connectivity index (χ4v) is 2.69. The molecule has 1 atom stereocenters. The Bertz CT molecular complexity index is 301. The molecule has 0 spiro atoms. The number of esters is 1. The standard InChI is InChI=1S/C11H14O2S/c1-13-11(12)7-9(8-4-5-8)10-3-2-6-14-10/h2-3,6,8-9H,4-5,7H2,1H3. The van der Waals surface area contributed by atoms with Gasteiger partial charge in [-0.05, 0) is 30.2 Å². The quantitative estimate of drug-likeness (QED) is 0.714. The van der Waals surface area contributed by atoms with Crippen molar-refractivity contribution in [3.63, 3.8) is 0 Å². The molecule has 0 radical (unpaired) electrons. The zero-order valence-electron chi connectivity index (χ0n) is 8.23. The number of rotatable bonds is 4. The SMILES string of the molecule is COC(=O)CC(c1cccs1)C1CC1. The van der Waals surface area contributed by atoms with Gasteiger partial charge in [-0.2, -0.15) is 0 Å². The Kier molecular flexibility index (Phi) is 2.87. The number of hydrogen-bond acceptors (Lipinski definition) is 3. The van der Waals surface area contributed by atoms with Crippen molar-refractivity contribution in [1.82, 2.24) is 0 Å². The van der Waals surface area contributed by atoms with Gasteiger partial charge in [0.15, 0.2) is 0 Å². The summed E-state index contributed by atoms with van der Waals surface area (Å²) < 4.78 is 4.72. The first-order chi connectivity index (χ1) is 6.81. The molecule has 0 aliphatic heterocycles. The van der Waals surface area contributed by atoms with E-state index in [1.54, 1.807) is 11.3 Å². The van der Waals surface area contributed by atoms with Gasteiger partial charge < -0.3 is 4.74 Å². The zero-order chi connectivity index (χ0) is 9.97. The summed E-state index contributed by atoms with van der Waals surface area (Å²) in [7, 11) is 1.46. The lowest BCUT2D eigenvalue weighted by Crippen LogP contribution is -2.09. The minimum absolute atomic E-state index is 0.0877. The molecule has 1 aromatic heterocycles. The lowest BCUT2D eigenvalue weighted by Gasteiger charge is -2.12. The van der Waals surface area contributed by atoms with Crippen LogP contribution in [-0.2, 0) is 9.53 Å². The van der Waals surface area contributed by atoms with Gasteiger partial charge in [-0.25, -0.2) is 0 Å². The monoisotopic (exact) mass is 210 g/mol. The van der Waals surface area contributed by atoms with Crippen LogP contribution in [0.25, 0.3) is 0 Å². The summed E-state index contributed by atoms with van der Waals surface area (Å²) in [6.45, 7) is 0. The molecular formula is C11H14O2S. The van der Waals surface area contributed by atoms with Gasteiger partial charge in [-0.1, -0.05) is 6.07 Å². The second kappa shape index (κ2) is 4.13. The number of carbonyl (C=O) groups is 1. The third kappa shape index (κ3) is 2.15. The lowest BCUT2D eigenvalue weighted by molar-refractivity contribution is -0.141. The van der Waals surface area contributed by atoms with Crippen molar-refractivity contribution >= 4 is 17.3 Å². The van der Waals surface area contributed by atoms with Crippen molar-refractivity contribution in [3.05, 3.63) is 22.4 Å². The van der Waals surface area contributed by atoms with Crippen molar-refractivity contribution < 1.29 is 9.53 Å². The molecule has 76 valence electrons. The highest BCUT2D eigenvalue weighted by molar-refractivity contribution is 7.10. The van der Waals surface area contributed by atoms with Crippen LogP contribution < -0.4 is 0 Å². The van der Waals surface area contributed by atoms with E-state index in [0.717, 1.165) is 0 Å². The largest absolute Gasteiger partial charge is 0.469 e. The molecule has 2 rings (SSSR count). The molecule has 1 heterocycles. The molecule has 0 amide bonds. The highest BCUT2D eigenvalue weighted by Crippen LogP contribution is 2.45. The molecule has 0 N–H and O–H groups in total. The first-order valence-corrected chi connectivity index (χ1v) is 5.79. The average molecular weight is 210 g/mol. The fourth-order valence-electron chi connectivity index (χ4n) is 1.76. The second-order valence-corrected chi connectivity index (χ2v) is 4.72. The van der Waals surface area contributed by atoms with Crippen molar-refractivity contribution in [2.24, 2.45) is 5.92 Å². The maximum atomic E-state index is 11.2. The van der Waals surface area contributed by atoms with Crippen LogP contribution in [0.4, 0.5) is 0 Å². The summed E-state index contributed by atoms with van der Waals surface area (Å²) in [6, 6.07) is 4.17. The summed E-state index contributed by atoms with van der Waals surface area (Å²) in [4.78, 5) is 12.6. The van der Waals surface area contributed by atoms with E-state index < -0.39 is 0 Å². The Labute approximate surface area is 87.9 Å². The highest BCUT2D eigenvalue weighted by Gasteiger charge is 2.34. The van der Waals surface area contributed by atoms with Gasteiger partial charge in [0.2, 0.25) is 0 Å². The second-order valence-electron chi connectivity index (χ2n) is 3.74. The molecule has 1 fully saturated rings. The van der Waals surface area contributed by atoms with E-state index in [9.17, 15) is 4.79 Å². The van der Waals surface area contributed by atoms with Crippen LogP contribution in [0.15, 0.2) is 17.5 Å². The Morgan fingerprint density at radius 1 is 1.71 bits per heavy atom. The first kappa shape index (κ1) is 9.71. The smallest absolute Gasteiger partial charge is 0.306 e. The Balaban J connectivity index is 2.04. The van der Waals surface area contributed by atoms with E-state index in [2.05, 4.69) is 11.4 Å². The number of hydrogen-bond donors (Lipinski definition) is 0. The number of ether oxygens (including phenoxy) is 1. The van der Waals surface area contributed by atoms with Crippen LogP contribution in [0.5, 0.6) is 0 Å².